The second kappa shape index (κ2) is 4.28. The first kappa shape index (κ1) is 11.8. The second-order valence-corrected chi connectivity index (χ2v) is 4.25. The van der Waals surface area contributed by atoms with Crippen LogP contribution in [0.1, 0.15) is 23.3 Å². The highest BCUT2D eigenvalue weighted by molar-refractivity contribution is 9.10. The first-order chi connectivity index (χ1) is 7.99. The van der Waals surface area contributed by atoms with E-state index in [-0.39, 0.29) is 18.5 Å². The van der Waals surface area contributed by atoms with Crippen molar-refractivity contribution in [1.82, 2.24) is 14.8 Å². The molecule has 0 saturated carbocycles. The van der Waals surface area contributed by atoms with Crippen molar-refractivity contribution < 1.29 is 19.2 Å². The lowest BCUT2D eigenvalue weighted by Crippen LogP contribution is -2.32. The highest BCUT2D eigenvalue weighted by Gasteiger charge is 2.33. The minimum Gasteiger partial charge on any atom is -0.323 e. The summed E-state index contributed by atoms with van der Waals surface area (Å²) in [5.74, 6) is -1.82. The fourth-order valence-electron chi connectivity index (χ4n) is 1.41. The average Bonchev–Trinajstić information content (AvgIpc) is 2.74. The molecule has 1 aromatic heterocycles. The number of aryl methyl sites for hydroxylation is 1. The first-order valence-corrected chi connectivity index (χ1v) is 5.56. The summed E-state index contributed by atoms with van der Waals surface area (Å²) in [6.07, 6.45) is 0.141. The Labute approximate surface area is 104 Å². The fourth-order valence-corrected chi connectivity index (χ4v) is 1.87. The van der Waals surface area contributed by atoms with E-state index < -0.39 is 17.8 Å². The van der Waals surface area contributed by atoms with Crippen LogP contribution in [0, 0.1) is 0 Å². The van der Waals surface area contributed by atoms with Crippen molar-refractivity contribution in [2.75, 3.05) is 0 Å². The molecule has 1 aliphatic rings. The summed E-state index contributed by atoms with van der Waals surface area (Å²) < 4.78 is 1.75. The molecule has 0 radical (unpaired) electrons. The van der Waals surface area contributed by atoms with Crippen molar-refractivity contribution in [1.29, 1.82) is 0 Å². The van der Waals surface area contributed by atoms with Crippen molar-refractivity contribution in [2.24, 2.45) is 7.05 Å². The third kappa shape index (κ3) is 2.21. The van der Waals surface area contributed by atoms with Gasteiger partial charge in [0.25, 0.3) is 11.8 Å². The van der Waals surface area contributed by atoms with Gasteiger partial charge in [0, 0.05) is 26.0 Å². The van der Waals surface area contributed by atoms with E-state index in [4.69, 9.17) is 4.84 Å². The molecule has 1 fully saturated rings. The van der Waals surface area contributed by atoms with Crippen molar-refractivity contribution in [3.8, 4) is 0 Å². The van der Waals surface area contributed by atoms with Crippen LogP contribution in [-0.2, 0) is 21.5 Å². The Kier molecular flexibility index (Phi) is 2.97. The quantitative estimate of drug-likeness (QED) is 0.739. The third-order valence-electron chi connectivity index (χ3n) is 2.24. The van der Waals surface area contributed by atoms with E-state index >= 15 is 0 Å². The lowest BCUT2D eigenvalue weighted by molar-refractivity contribution is -0.172. The number of carbonyl (C=O) groups is 3. The van der Waals surface area contributed by atoms with Gasteiger partial charge in [0.2, 0.25) is 0 Å². The zero-order valence-electron chi connectivity index (χ0n) is 8.84. The van der Waals surface area contributed by atoms with Gasteiger partial charge < -0.3 is 4.84 Å². The molecule has 1 aromatic rings. The molecule has 2 heterocycles. The summed E-state index contributed by atoms with van der Waals surface area (Å²) in [7, 11) is 1.55. The number of hydroxylamine groups is 2. The van der Waals surface area contributed by atoms with E-state index in [1.807, 2.05) is 0 Å². The molecule has 0 spiro atoms. The van der Waals surface area contributed by atoms with Crippen LogP contribution < -0.4 is 0 Å². The summed E-state index contributed by atoms with van der Waals surface area (Å²) in [6, 6.07) is 1.44. The second-order valence-electron chi connectivity index (χ2n) is 3.44. The molecule has 2 rings (SSSR count). The normalized spacial score (nSPS) is 15.5. The van der Waals surface area contributed by atoms with Gasteiger partial charge in [-0.15, -0.1) is 5.06 Å². The van der Waals surface area contributed by atoms with E-state index in [1.165, 1.54) is 10.7 Å². The topological polar surface area (TPSA) is 81.5 Å². The van der Waals surface area contributed by atoms with E-state index in [1.54, 1.807) is 7.05 Å². The number of aromatic nitrogens is 2. The molecular formula is C9H8BrN3O4. The number of imide groups is 1. The smallest absolute Gasteiger partial charge is 0.323 e. The van der Waals surface area contributed by atoms with Gasteiger partial charge in [0.1, 0.15) is 10.3 Å². The zero-order valence-corrected chi connectivity index (χ0v) is 10.4. The van der Waals surface area contributed by atoms with E-state index in [9.17, 15) is 14.4 Å². The Hall–Kier alpha value is -1.70. The number of rotatable bonds is 2. The molecule has 0 unspecified atom stereocenters. The van der Waals surface area contributed by atoms with Crippen LogP contribution >= 0.6 is 15.9 Å². The lowest BCUT2D eigenvalue weighted by atomic mass is 10.4. The summed E-state index contributed by atoms with van der Waals surface area (Å²) in [6.45, 7) is 0. The van der Waals surface area contributed by atoms with Gasteiger partial charge in [-0.05, 0) is 15.9 Å². The van der Waals surface area contributed by atoms with Crippen molar-refractivity contribution in [3.05, 3.63) is 16.4 Å². The molecule has 90 valence electrons. The summed E-state index contributed by atoms with van der Waals surface area (Å²) in [5.41, 5.74) is 0.143. The molecule has 1 aliphatic heterocycles. The minimum atomic E-state index is -0.797. The van der Waals surface area contributed by atoms with Gasteiger partial charge in [-0.3, -0.25) is 14.3 Å². The average molecular weight is 302 g/mol. The van der Waals surface area contributed by atoms with Crippen LogP contribution in [0.15, 0.2) is 10.7 Å². The summed E-state index contributed by atoms with van der Waals surface area (Å²) >= 11 is 3.10. The van der Waals surface area contributed by atoms with E-state index in [0.717, 1.165) is 0 Å². The Morgan fingerprint density at radius 2 is 2.00 bits per heavy atom. The molecule has 0 atom stereocenters. The van der Waals surface area contributed by atoms with Crippen molar-refractivity contribution in [2.45, 2.75) is 12.8 Å². The number of nitrogens with zero attached hydrogens (tertiary/aromatic N) is 3. The summed E-state index contributed by atoms with van der Waals surface area (Å²) in [5, 5.41) is 4.39. The molecule has 0 N–H and O–H groups in total. The Bertz CT molecular complexity index is 494. The molecule has 8 heteroatoms. The van der Waals surface area contributed by atoms with Gasteiger partial charge in [0.15, 0.2) is 0 Å². The predicted octanol–water partition coefficient (Wildman–Crippen LogP) is 0.403. The van der Waals surface area contributed by atoms with Gasteiger partial charge in [-0.25, -0.2) is 4.79 Å². The SMILES string of the molecule is Cn1nc(Br)cc1C(=O)ON1C(=O)CCC1=O. The Morgan fingerprint density at radius 3 is 2.47 bits per heavy atom. The maximum absolute atomic E-state index is 11.7. The largest absolute Gasteiger partial charge is 0.381 e. The van der Waals surface area contributed by atoms with Crippen molar-refractivity contribution in [3.63, 3.8) is 0 Å². The number of hydrogen-bond acceptors (Lipinski definition) is 5. The Balaban J connectivity index is 2.14. The first-order valence-electron chi connectivity index (χ1n) is 4.76. The number of hydrogen-bond donors (Lipinski definition) is 0. The molecule has 2 amide bonds. The Morgan fingerprint density at radius 1 is 1.41 bits per heavy atom. The number of amides is 2. The number of halogens is 1. The highest BCUT2D eigenvalue weighted by atomic mass is 79.9. The van der Waals surface area contributed by atoms with Gasteiger partial charge in [0.05, 0.1) is 0 Å². The van der Waals surface area contributed by atoms with E-state index in [2.05, 4.69) is 21.0 Å². The van der Waals surface area contributed by atoms with Crippen LogP contribution in [0.3, 0.4) is 0 Å². The van der Waals surface area contributed by atoms with Crippen LogP contribution in [0.25, 0.3) is 0 Å². The number of carbonyl (C=O) groups excluding carboxylic acids is 3. The molecule has 0 bridgehead atoms. The molecule has 0 aromatic carbocycles. The summed E-state index contributed by atoms with van der Waals surface area (Å²) in [4.78, 5) is 38.9. The highest BCUT2D eigenvalue weighted by Crippen LogP contribution is 2.15. The molecule has 1 saturated heterocycles. The molecule has 7 nitrogen and oxygen atoms in total. The van der Waals surface area contributed by atoms with Gasteiger partial charge >= 0.3 is 5.97 Å². The van der Waals surface area contributed by atoms with Gasteiger partial charge in [-0.2, -0.15) is 5.10 Å². The zero-order chi connectivity index (χ0) is 12.6. The molecular weight excluding hydrogens is 294 g/mol. The molecule has 0 aliphatic carbocycles. The maximum Gasteiger partial charge on any atom is 0.381 e. The van der Waals surface area contributed by atoms with Crippen LogP contribution in [-0.4, -0.2) is 32.6 Å². The maximum atomic E-state index is 11.7. The predicted molar refractivity (Wildman–Crippen MR) is 57.4 cm³/mol. The van der Waals surface area contributed by atoms with Crippen LogP contribution in [0.5, 0.6) is 0 Å². The lowest BCUT2D eigenvalue weighted by Gasteiger charge is -2.12. The third-order valence-corrected chi connectivity index (χ3v) is 2.63. The van der Waals surface area contributed by atoms with Gasteiger partial charge in [-0.1, -0.05) is 0 Å². The fraction of sp³-hybridized carbons (Fsp3) is 0.333. The van der Waals surface area contributed by atoms with Crippen LogP contribution in [0.2, 0.25) is 0 Å². The van der Waals surface area contributed by atoms with Crippen LogP contribution in [0.4, 0.5) is 0 Å². The monoisotopic (exact) mass is 301 g/mol. The minimum absolute atomic E-state index is 0.0706. The molecule has 17 heavy (non-hydrogen) atoms. The van der Waals surface area contributed by atoms with Crippen molar-refractivity contribution >= 4 is 33.7 Å². The standard InChI is InChI=1S/C9H8BrN3O4/c1-12-5(4-6(10)11-12)9(16)17-13-7(14)2-3-8(13)15/h4H,2-3H2,1H3. The van der Waals surface area contributed by atoms with E-state index in [0.29, 0.717) is 9.67 Å².